The Labute approximate surface area is 116 Å². The zero-order valence-corrected chi connectivity index (χ0v) is 12.6. The summed E-state index contributed by atoms with van der Waals surface area (Å²) in [5.74, 6) is 0.0826. The summed E-state index contributed by atoms with van der Waals surface area (Å²) in [6.07, 6.45) is 2.24. The van der Waals surface area contributed by atoms with Crippen LogP contribution in [0.25, 0.3) is 0 Å². The van der Waals surface area contributed by atoms with Crippen LogP contribution in [0.4, 0.5) is 5.69 Å². The number of benzene rings is 1. The molecule has 98 valence electrons. The highest BCUT2D eigenvalue weighted by atomic mass is 79.9. The average molecular weight is 311 g/mol. The van der Waals surface area contributed by atoms with Crippen molar-refractivity contribution in [2.45, 2.75) is 45.7 Å². The maximum absolute atomic E-state index is 11.9. The lowest BCUT2D eigenvalue weighted by Crippen LogP contribution is -2.38. The maximum atomic E-state index is 11.9. The molecule has 0 aliphatic heterocycles. The van der Waals surface area contributed by atoms with E-state index in [0.717, 1.165) is 34.1 Å². The van der Waals surface area contributed by atoms with Gasteiger partial charge in [-0.1, -0.05) is 15.9 Å². The highest BCUT2D eigenvalue weighted by molar-refractivity contribution is 9.10. The summed E-state index contributed by atoms with van der Waals surface area (Å²) in [5.41, 5.74) is 3.34. The van der Waals surface area contributed by atoms with Gasteiger partial charge >= 0.3 is 0 Å². The van der Waals surface area contributed by atoms with Gasteiger partial charge in [0.15, 0.2) is 0 Å². The number of amides is 1. The molecule has 1 unspecified atom stereocenters. The molecule has 2 rings (SSSR count). The smallest absolute Gasteiger partial charge is 0.242 e. The van der Waals surface area contributed by atoms with Gasteiger partial charge in [-0.15, -0.1) is 0 Å². The standard InChI is InChI=1S/C14H19BrN2O/c1-8-6-11(15)7-9(2)13(8)16-10(3)14(18)17-12-4-5-12/h6-7,10,12,16H,4-5H2,1-3H3,(H,17,18). The third-order valence-electron chi connectivity index (χ3n) is 3.18. The molecule has 1 atom stereocenters. The Hall–Kier alpha value is -1.03. The van der Waals surface area contributed by atoms with Crippen LogP contribution in [-0.4, -0.2) is 18.0 Å². The van der Waals surface area contributed by atoms with Crippen molar-refractivity contribution in [3.8, 4) is 0 Å². The molecule has 3 nitrogen and oxygen atoms in total. The Kier molecular flexibility index (Phi) is 3.95. The first-order valence-corrected chi connectivity index (χ1v) is 7.10. The molecule has 0 bridgehead atoms. The van der Waals surface area contributed by atoms with Gasteiger partial charge in [-0.25, -0.2) is 0 Å². The minimum absolute atomic E-state index is 0.0826. The average Bonchev–Trinajstić information content (AvgIpc) is 3.06. The number of rotatable bonds is 4. The van der Waals surface area contributed by atoms with Gasteiger partial charge in [-0.3, -0.25) is 4.79 Å². The van der Waals surface area contributed by atoms with Crippen molar-refractivity contribution in [1.82, 2.24) is 5.32 Å². The van der Waals surface area contributed by atoms with Crippen LogP contribution in [0.1, 0.15) is 30.9 Å². The highest BCUT2D eigenvalue weighted by Crippen LogP contribution is 2.26. The molecule has 1 aliphatic rings. The molecule has 0 heterocycles. The lowest BCUT2D eigenvalue weighted by molar-refractivity contribution is -0.121. The fourth-order valence-corrected chi connectivity index (χ4v) is 2.66. The molecule has 18 heavy (non-hydrogen) atoms. The Morgan fingerprint density at radius 2 is 1.89 bits per heavy atom. The topological polar surface area (TPSA) is 41.1 Å². The molecule has 0 radical (unpaired) electrons. The summed E-state index contributed by atoms with van der Waals surface area (Å²) in [6.45, 7) is 6.00. The molecule has 2 N–H and O–H groups in total. The minimum Gasteiger partial charge on any atom is -0.373 e. The van der Waals surface area contributed by atoms with Gasteiger partial charge in [0.25, 0.3) is 0 Å². The molecule has 1 aromatic carbocycles. The molecular formula is C14H19BrN2O. The predicted molar refractivity (Wildman–Crippen MR) is 77.9 cm³/mol. The van der Waals surface area contributed by atoms with E-state index in [1.165, 1.54) is 0 Å². The summed E-state index contributed by atoms with van der Waals surface area (Å²) >= 11 is 3.48. The Bertz CT molecular complexity index is 446. The van der Waals surface area contributed by atoms with E-state index >= 15 is 0 Å². The van der Waals surface area contributed by atoms with E-state index in [2.05, 4.69) is 38.7 Å². The fraction of sp³-hybridized carbons (Fsp3) is 0.500. The van der Waals surface area contributed by atoms with E-state index in [-0.39, 0.29) is 11.9 Å². The Morgan fingerprint density at radius 1 is 1.33 bits per heavy atom. The van der Waals surface area contributed by atoms with Gasteiger partial charge in [-0.05, 0) is 56.9 Å². The van der Waals surface area contributed by atoms with Crippen molar-refractivity contribution in [3.05, 3.63) is 27.7 Å². The van der Waals surface area contributed by atoms with Crippen molar-refractivity contribution in [2.24, 2.45) is 0 Å². The zero-order chi connectivity index (χ0) is 13.3. The third kappa shape index (κ3) is 3.25. The van der Waals surface area contributed by atoms with Gasteiger partial charge in [-0.2, -0.15) is 0 Å². The van der Waals surface area contributed by atoms with Crippen molar-refractivity contribution in [3.63, 3.8) is 0 Å². The summed E-state index contributed by atoms with van der Waals surface area (Å²) in [5, 5.41) is 6.32. The predicted octanol–water partition coefficient (Wildman–Crippen LogP) is 3.14. The van der Waals surface area contributed by atoms with Crippen LogP contribution in [0.2, 0.25) is 0 Å². The second-order valence-corrected chi connectivity index (χ2v) is 5.98. The van der Waals surface area contributed by atoms with Crippen molar-refractivity contribution < 1.29 is 4.79 Å². The van der Waals surface area contributed by atoms with Gasteiger partial charge in [0, 0.05) is 16.2 Å². The van der Waals surface area contributed by atoms with E-state index in [9.17, 15) is 4.79 Å². The van der Waals surface area contributed by atoms with E-state index in [1.54, 1.807) is 0 Å². The summed E-state index contributed by atoms with van der Waals surface area (Å²) < 4.78 is 1.07. The molecule has 1 aromatic rings. The highest BCUT2D eigenvalue weighted by Gasteiger charge is 2.25. The number of hydrogen-bond acceptors (Lipinski definition) is 2. The van der Waals surface area contributed by atoms with Crippen LogP contribution in [0.15, 0.2) is 16.6 Å². The van der Waals surface area contributed by atoms with E-state index in [1.807, 2.05) is 20.8 Å². The van der Waals surface area contributed by atoms with Crippen molar-refractivity contribution in [2.75, 3.05) is 5.32 Å². The molecule has 4 heteroatoms. The van der Waals surface area contributed by atoms with Gasteiger partial charge in [0.05, 0.1) is 0 Å². The van der Waals surface area contributed by atoms with Crippen LogP contribution in [0.5, 0.6) is 0 Å². The molecule has 0 spiro atoms. The van der Waals surface area contributed by atoms with Crippen molar-refractivity contribution >= 4 is 27.5 Å². The molecule has 0 saturated heterocycles. The van der Waals surface area contributed by atoms with Crippen LogP contribution >= 0.6 is 15.9 Å². The zero-order valence-electron chi connectivity index (χ0n) is 11.0. The Balaban J connectivity index is 2.05. The number of carbonyl (C=O) groups is 1. The largest absolute Gasteiger partial charge is 0.373 e. The summed E-state index contributed by atoms with van der Waals surface area (Å²) in [6, 6.07) is 4.32. The second-order valence-electron chi connectivity index (χ2n) is 5.06. The van der Waals surface area contributed by atoms with Crippen LogP contribution in [0, 0.1) is 13.8 Å². The molecule has 0 aromatic heterocycles. The van der Waals surface area contributed by atoms with Gasteiger partial charge in [0.2, 0.25) is 5.91 Å². The van der Waals surface area contributed by atoms with E-state index in [0.29, 0.717) is 6.04 Å². The molecule has 1 amide bonds. The monoisotopic (exact) mass is 310 g/mol. The minimum atomic E-state index is -0.204. The number of carbonyl (C=O) groups excluding carboxylic acids is 1. The molecule has 1 fully saturated rings. The lowest BCUT2D eigenvalue weighted by Gasteiger charge is -2.19. The first-order chi connectivity index (χ1) is 8.47. The number of nitrogens with one attached hydrogen (secondary N) is 2. The first kappa shape index (κ1) is 13.4. The van der Waals surface area contributed by atoms with Crippen LogP contribution < -0.4 is 10.6 Å². The second kappa shape index (κ2) is 5.31. The normalized spacial score (nSPS) is 16.2. The van der Waals surface area contributed by atoms with E-state index in [4.69, 9.17) is 0 Å². The van der Waals surface area contributed by atoms with Gasteiger partial charge < -0.3 is 10.6 Å². The molecule has 1 aliphatic carbocycles. The molecule has 1 saturated carbocycles. The van der Waals surface area contributed by atoms with Crippen LogP contribution in [-0.2, 0) is 4.79 Å². The van der Waals surface area contributed by atoms with Crippen LogP contribution in [0.3, 0.4) is 0 Å². The summed E-state index contributed by atoms with van der Waals surface area (Å²) in [7, 11) is 0. The number of aryl methyl sites for hydroxylation is 2. The quantitative estimate of drug-likeness (QED) is 0.897. The first-order valence-electron chi connectivity index (χ1n) is 6.31. The lowest BCUT2D eigenvalue weighted by atomic mass is 10.1. The fourth-order valence-electron chi connectivity index (χ4n) is 1.97. The van der Waals surface area contributed by atoms with Crippen molar-refractivity contribution in [1.29, 1.82) is 0 Å². The maximum Gasteiger partial charge on any atom is 0.242 e. The number of hydrogen-bond donors (Lipinski definition) is 2. The summed E-state index contributed by atoms with van der Waals surface area (Å²) in [4.78, 5) is 11.9. The van der Waals surface area contributed by atoms with E-state index < -0.39 is 0 Å². The van der Waals surface area contributed by atoms with Gasteiger partial charge in [0.1, 0.15) is 6.04 Å². The molecular weight excluding hydrogens is 292 g/mol. The third-order valence-corrected chi connectivity index (χ3v) is 3.63. The number of anilines is 1. The Morgan fingerprint density at radius 3 is 2.39 bits per heavy atom. The SMILES string of the molecule is Cc1cc(Br)cc(C)c1NC(C)C(=O)NC1CC1. The number of halogens is 1.